The van der Waals surface area contributed by atoms with Crippen LogP contribution in [-0.2, 0) is 14.3 Å². The summed E-state index contributed by atoms with van der Waals surface area (Å²) in [6.45, 7) is 3.41. The lowest BCUT2D eigenvalue weighted by molar-refractivity contribution is -0.154. The Kier molecular flexibility index (Phi) is 6.30. The minimum Gasteiger partial charge on any atom is -0.452 e. The molecule has 5 nitrogen and oxygen atoms in total. The summed E-state index contributed by atoms with van der Waals surface area (Å²) >= 11 is 0. The Bertz CT molecular complexity index is 781. The zero-order valence-electron chi connectivity index (χ0n) is 14.2. The highest BCUT2D eigenvalue weighted by Gasteiger charge is 2.25. The maximum absolute atomic E-state index is 12.4. The average Bonchev–Trinajstić information content (AvgIpc) is 2.63. The number of carbonyl (C=O) groups is 2. The fourth-order valence-corrected chi connectivity index (χ4v) is 2.46. The highest BCUT2D eigenvalue weighted by Crippen LogP contribution is 2.22. The van der Waals surface area contributed by atoms with E-state index in [0.29, 0.717) is 17.7 Å². The van der Waals surface area contributed by atoms with Gasteiger partial charge in [-0.15, -0.1) is 0 Å². The van der Waals surface area contributed by atoms with Crippen molar-refractivity contribution >= 4 is 17.6 Å². The molecule has 5 heteroatoms. The summed E-state index contributed by atoms with van der Waals surface area (Å²) in [5, 5.41) is 11.7. The van der Waals surface area contributed by atoms with Gasteiger partial charge in [0.05, 0.1) is 17.2 Å². The average molecular weight is 336 g/mol. The molecule has 0 spiro atoms. The van der Waals surface area contributed by atoms with Crippen molar-refractivity contribution in [3.63, 3.8) is 0 Å². The van der Waals surface area contributed by atoms with Crippen molar-refractivity contribution in [1.82, 2.24) is 0 Å². The number of para-hydroxylation sites is 1. The van der Waals surface area contributed by atoms with E-state index in [1.54, 1.807) is 24.3 Å². The molecule has 2 rings (SSSR count). The topological polar surface area (TPSA) is 79.2 Å². The van der Waals surface area contributed by atoms with Crippen LogP contribution in [0.4, 0.5) is 5.69 Å². The smallest absolute Gasteiger partial charge is 0.314 e. The molecule has 0 aromatic heterocycles. The van der Waals surface area contributed by atoms with Crippen LogP contribution in [0.25, 0.3) is 0 Å². The van der Waals surface area contributed by atoms with Crippen LogP contribution < -0.4 is 5.32 Å². The van der Waals surface area contributed by atoms with Gasteiger partial charge in [-0.25, -0.2) is 0 Å². The summed E-state index contributed by atoms with van der Waals surface area (Å²) in [5.74, 6) is -1.33. The van der Waals surface area contributed by atoms with Crippen LogP contribution in [0.5, 0.6) is 0 Å². The molecule has 0 bridgehead atoms. The van der Waals surface area contributed by atoms with Crippen molar-refractivity contribution in [2.24, 2.45) is 0 Å². The Labute approximate surface area is 147 Å². The molecule has 0 aliphatic carbocycles. The highest BCUT2D eigenvalue weighted by atomic mass is 16.5. The maximum atomic E-state index is 12.4. The number of nitriles is 1. The van der Waals surface area contributed by atoms with E-state index in [1.807, 2.05) is 43.3 Å². The van der Waals surface area contributed by atoms with Crippen LogP contribution in [-0.4, -0.2) is 18.0 Å². The predicted molar refractivity (Wildman–Crippen MR) is 94.8 cm³/mol. The van der Waals surface area contributed by atoms with Crippen LogP contribution in [0, 0.1) is 11.3 Å². The number of benzene rings is 2. The molecule has 2 atom stereocenters. The Balaban J connectivity index is 2.03. The minimum absolute atomic E-state index is 0.352. The predicted octanol–water partition coefficient (Wildman–Crippen LogP) is 3.62. The zero-order chi connectivity index (χ0) is 18.2. The van der Waals surface area contributed by atoms with Gasteiger partial charge in [0.25, 0.3) is 5.91 Å². The molecule has 0 heterocycles. The molecular weight excluding hydrogens is 316 g/mol. The van der Waals surface area contributed by atoms with E-state index in [1.165, 1.54) is 6.92 Å². The van der Waals surface area contributed by atoms with Crippen molar-refractivity contribution in [1.29, 1.82) is 5.26 Å². The van der Waals surface area contributed by atoms with E-state index in [-0.39, 0.29) is 0 Å². The lowest BCUT2D eigenvalue weighted by Crippen LogP contribution is -2.32. The summed E-state index contributed by atoms with van der Waals surface area (Å²) in [6, 6.07) is 18.0. The summed E-state index contributed by atoms with van der Waals surface area (Å²) in [6.07, 6.45) is -0.383. The van der Waals surface area contributed by atoms with Crippen LogP contribution in [0.2, 0.25) is 0 Å². The van der Waals surface area contributed by atoms with Gasteiger partial charge in [0, 0.05) is 0 Å². The molecule has 128 valence electrons. The van der Waals surface area contributed by atoms with Gasteiger partial charge in [0.2, 0.25) is 0 Å². The van der Waals surface area contributed by atoms with Crippen LogP contribution in [0.15, 0.2) is 54.6 Å². The third kappa shape index (κ3) is 4.67. The summed E-state index contributed by atoms with van der Waals surface area (Å²) < 4.78 is 5.33. The molecular formula is C20H20N2O3. The van der Waals surface area contributed by atoms with Gasteiger partial charge < -0.3 is 10.1 Å². The highest BCUT2D eigenvalue weighted by molar-refractivity contribution is 5.96. The van der Waals surface area contributed by atoms with E-state index in [9.17, 15) is 9.59 Å². The molecule has 0 aliphatic rings. The van der Waals surface area contributed by atoms with Crippen molar-refractivity contribution in [3.05, 3.63) is 65.7 Å². The fraction of sp³-hybridized carbons (Fsp3) is 0.250. The lowest BCUT2D eigenvalue weighted by Gasteiger charge is -2.18. The number of anilines is 1. The number of ether oxygens (including phenoxy) is 1. The molecule has 1 amide bonds. The van der Waals surface area contributed by atoms with Crippen molar-refractivity contribution in [3.8, 4) is 6.07 Å². The largest absolute Gasteiger partial charge is 0.452 e. The van der Waals surface area contributed by atoms with Gasteiger partial charge in [-0.3, -0.25) is 9.59 Å². The molecule has 0 unspecified atom stereocenters. The standard InChI is InChI=1S/C20H20N2O3/c1-3-17(15-9-5-4-6-10-15)20(24)25-14(2)19(23)22-18-12-8-7-11-16(18)13-21/h4-12,14,17H,3H2,1-2H3,(H,22,23)/t14-,17+/m0/s1. The van der Waals surface area contributed by atoms with E-state index in [2.05, 4.69) is 5.32 Å². The molecule has 0 saturated carbocycles. The summed E-state index contributed by atoms with van der Waals surface area (Å²) in [4.78, 5) is 24.7. The first-order valence-corrected chi connectivity index (χ1v) is 8.12. The number of amides is 1. The molecule has 1 N–H and O–H groups in total. The van der Waals surface area contributed by atoms with E-state index in [0.717, 1.165) is 5.56 Å². The lowest BCUT2D eigenvalue weighted by atomic mass is 9.97. The Morgan fingerprint density at radius 3 is 2.40 bits per heavy atom. The second-order valence-electron chi connectivity index (χ2n) is 5.60. The molecule has 0 saturated heterocycles. The number of nitrogens with zero attached hydrogens (tertiary/aromatic N) is 1. The SMILES string of the molecule is CC[C@@H](C(=O)O[C@@H](C)C(=O)Nc1ccccc1C#N)c1ccccc1. The quantitative estimate of drug-likeness (QED) is 0.817. The number of nitrogens with one attached hydrogen (secondary N) is 1. The van der Waals surface area contributed by atoms with Crippen LogP contribution >= 0.6 is 0 Å². The molecule has 2 aromatic rings. The maximum Gasteiger partial charge on any atom is 0.314 e. The third-order valence-corrected chi connectivity index (χ3v) is 3.86. The Morgan fingerprint density at radius 1 is 1.12 bits per heavy atom. The van der Waals surface area contributed by atoms with Gasteiger partial charge in [0.1, 0.15) is 6.07 Å². The second kappa shape index (κ2) is 8.65. The van der Waals surface area contributed by atoms with Crippen LogP contribution in [0.3, 0.4) is 0 Å². The monoisotopic (exact) mass is 336 g/mol. The van der Waals surface area contributed by atoms with Crippen molar-refractivity contribution in [2.75, 3.05) is 5.32 Å². The Hall–Kier alpha value is -3.13. The number of carbonyl (C=O) groups excluding carboxylic acids is 2. The second-order valence-corrected chi connectivity index (χ2v) is 5.60. The summed E-state index contributed by atoms with van der Waals surface area (Å²) in [7, 11) is 0. The van der Waals surface area contributed by atoms with Gasteiger partial charge in [-0.2, -0.15) is 5.26 Å². The first kappa shape index (κ1) is 18.2. The molecule has 0 aliphatic heterocycles. The van der Waals surface area contributed by atoms with Crippen molar-refractivity contribution < 1.29 is 14.3 Å². The zero-order valence-corrected chi connectivity index (χ0v) is 14.2. The molecule has 0 fully saturated rings. The first-order valence-electron chi connectivity index (χ1n) is 8.12. The van der Waals surface area contributed by atoms with Gasteiger partial charge in [-0.1, -0.05) is 49.4 Å². The number of hydrogen-bond acceptors (Lipinski definition) is 4. The minimum atomic E-state index is -0.961. The van der Waals surface area contributed by atoms with E-state index in [4.69, 9.17) is 10.00 Å². The number of hydrogen-bond donors (Lipinski definition) is 1. The van der Waals surface area contributed by atoms with E-state index >= 15 is 0 Å². The van der Waals surface area contributed by atoms with Gasteiger partial charge >= 0.3 is 5.97 Å². The fourth-order valence-electron chi connectivity index (χ4n) is 2.46. The van der Waals surface area contributed by atoms with Crippen LogP contribution in [0.1, 0.15) is 37.3 Å². The molecule has 25 heavy (non-hydrogen) atoms. The first-order chi connectivity index (χ1) is 12.1. The van der Waals surface area contributed by atoms with E-state index < -0.39 is 23.9 Å². The van der Waals surface area contributed by atoms with Gasteiger partial charge in [-0.05, 0) is 31.0 Å². The molecule has 0 radical (unpaired) electrons. The van der Waals surface area contributed by atoms with Gasteiger partial charge in [0.15, 0.2) is 6.10 Å². The number of rotatable bonds is 6. The normalized spacial score (nSPS) is 12.5. The third-order valence-electron chi connectivity index (χ3n) is 3.86. The molecule has 2 aromatic carbocycles. The summed E-state index contributed by atoms with van der Waals surface area (Å²) in [5.41, 5.74) is 1.61. The number of esters is 1. The Morgan fingerprint density at radius 2 is 1.76 bits per heavy atom. The van der Waals surface area contributed by atoms with Crippen molar-refractivity contribution in [2.45, 2.75) is 32.3 Å².